The molecule has 0 aliphatic carbocycles. The molecule has 2 saturated heterocycles. The number of aromatic nitrogens is 1. The van der Waals surface area contributed by atoms with Crippen LogP contribution >= 0.6 is 0 Å². The Morgan fingerprint density at radius 2 is 1.45 bits per heavy atom. The van der Waals surface area contributed by atoms with Gasteiger partial charge in [0.25, 0.3) is 0 Å². The number of fused-ring (bicyclic) bond motifs is 2. The topological polar surface area (TPSA) is 247 Å². The van der Waals surface area contributed by atoms with E-state index in [2.05, 4.69) is 15.6 Å². The van der Waals surface area contributed by atoms with E-state index in [0.717, 1.165) is 29.6 Å². The van der Waals surface area contributed by atoms with E-state index in [0.29, 0.717) is 5.31 Å². The number of esters is 2. The second kappa shape index (κ2) is 26.2. The first-order valence-corrected chi connectivity index (χ1v) is 26.1. The number of anilines is 1. The second-order valence-electron chi connectivity index (χ2n) is 21.8. The third-order valence-corrected chi connectivity index (χ3v) is 13.1. The van der Waals surface area contributed by atoms with Crippen molar-refractivity contribution >= 4 is 64.2 Å². The summed E-state index contributed by atoms with van der Waals surface area (Å²) in [6.07, 6.45) is -6.41. The summed E-state index contributed by atoms with van der Waals surface area (Å²) in [5.41, 5.74) is -1.85. The van der Waals surface area contributed by atoms with E-state index in [1.54, 1.807) is 41.5 Å². The average Bonchev–Trinajstić information content (AvgIpc) is 1.60. The number of carbonyl (C=O) groups excluding carboxylic acids is 8. The number of likely N-dealkylation sites (tertiary alicyclic amines) is 1. The Morgan fingerprint density at radius 1 is 0.846 bits per heavy atom. The number of ketones is 1. The van der Waals surface area contributed by atoms with Crippen LogP contribution in [0.2, 0.25) is 2.82 Å². The molecule has 2 aromatic carbocycles. The van der Waals surface area contributed by atoms with Gasteiger partial charge < -0.3 is 59.9 Å². The van der Waals surface area contributed by atoms with Gasteiger partial charge in [0.1, 0.15) is 42.2 Å². The highest BCUT2D eigenvalue weighted by molar-refractivity contribution is 5.95. The maximum atomic E-state index is 15.5. The molecule has 2 fully saturated rings. The minimum absolute atomic E-state index is 0.00498. The number of nitrogens with zero attached hydrogens (tertiary/aromatic N) is 3. The predicted molar refractivity (Wildman–Crippen MR) is 285 cm³/mol. The van der Waals surface area contributed by atoms with Crippen molar-refractivity contribution < 1.29 is 75.8 Å². The van der Waals surface area contributed by atoms with Crippen LogP contribution in [0.15, 0.2) is 36.4 Å². The van der Waals surface area contributed by atoms with Crippen LogP contribution in [0.25, 0.3) is 10.9 Å². The SMILES string of the molecule is [2H]c1cc(F)cc2c1C(C([2H])C1CC(OC(C)=O)CN1C(=O)CCCNC(=O)CCN(C)C(=O)OC(C)(C)C)C(c1[nH]c3cc(F)ccc3c1C(C(=O)CCCNC(=O)CCN(C)C(=O)OC(C)(C)C)C1([2H])CC(OC(=O)C([2H])[2H])CN1[2H])N2[2H]. The van der Waals surface area contributed by atoms with E-state index in [4.69, 9.17) is 21.7 Å². The van der Waals surface area contributed by atoms with Gasteiger partial charge in [-0.05, 0) is 102 Å². The Kier molecular flexibility index (Phi) is 17.0. The summed E-state index contributed by atoms with van der Waals surface area (Å²) in [5.74, 6) is -8.93. The maximum absolute atomic E-state index is 15.5. The van der Waals surface area contributed by atoms with Crippen molar-refractivity contribution in [1.82, 2.24) is 35.6 Å². The number of benzene rings is 2. The van der Waals surface area contributed by atoms with Crippen molar-refractivity contribution in [3.05, 3.63) is 64.8 Å². The summed E-state index contributed by atoms with van der Waals surface area (Å²) in [7, 11) is 2.96. The fraction of sp³-hybridized carbons (Fsp3) is 0.607. The highest BCUT2D eigenvalue weighted by Gasteiger charge is 2.46. The van der Waals surface area contributed by atoms with Crippen molar-refractivity contribution in [2.24, 2.45) is 0 Å². The number of hydrogen-bond donors (Lipinski definition) is 5. The van der Waals surface area contributed by atoms with E-state index in [1.165, 1.54) is 41.8 Å². The Hall–Kier alpha value is -6.84. The lowest BCUT2D eigenvalue weighted by molar-refractivity contribution is -0.147. The Balaban J connectivity index is 1.36. The number of carbonyl (C=O) groups is 8. The lowest BCUT2D eigenvalue weighted by Gasteiger charge is -2.31. The van der Waals surface area contributed by atoms with Crippen LogP contribution in [0.4, 0.5) is 24.1 Å². The van der Waals surface area contributed by atoms with E-state index >= 15 is 13.6 Å². The summed E-state index contributed by atoms with van der Waals surface area (Å²) in [6.45, 7) is 8.65. The molecular weight excluding hydrogens is 1010 g/mol. The van der Waals surface area contributed by atoms with Crippen molar-refractivity contribution in [2.45, 2.75) is 166 Å². The van der Waals surface area contributed by atoms with Crippen LogP contribution in [0, 0.1) is 11.6 Å². The first-order valence-electron chi connectivity index (χ1n) is 29.8. The van der Waals surface area contributed by atoms with Crippen LogP contribution in [-0.2, 0) is 47.7 Å². The highest BCUT2D eigenvalue weighted by Crippen LogP contribution is 2.51. The third-order valence-electron chi connectivity index (χ3n) is 13.1. The van der Waals surface area contributed by atoms with Gasteiger partial charge in [-0.3, -0.25) is 28.8 Å². The van der Waals surface area contributed by atoms with Gasteiger partial charge in [-0.2, -0.15) is 0 Å². The lowest BCUT2D eigenvalue weighted by Crippen LogP contribution is -2.38. The molecule has 3 aromatic rings. The summed E-state index contributed by atoms with van der Waals surface area (Å²) < 4.78 is 116. The minimum Gasteiger partial charge on any atom is -0.461 e. The highest BCUT2D eigenvalue weighted by atomic mass is 19.1. The molecule has 3 aliphatic heterocycles. The van der Waals surface area contributed by atoms with Crippen molar-refractivity contribution in [2.75, 3.05) is 58.7 Å². The van der Waals surface area contributed by atoms with Crippen LogP contribution in [0.1, 0.15) is 155 Å². The number of nitrogens with one attached hydrogen (secondary N) is 5. The molecule has 4 heterocycles. The van der Waals surface area contributed by atoms with Gasteiger partial charge >= 0.3 is 24.1 Å². The monoisotopic (exact) mass is 1100 g/mol. The normalized spacial score (nSPS) is 23.3. The molecule has 5 amide bonds. The zero-order valence-corrected chi connectivity index (χ0v) is 45.8. The largest absolute Gasteiger partial charge is 0.461 e. The van der Waals surface area contributed by atoms with Gasteiger partial charge in [0, 0.05) is 145 Å². The number of H-pyrrole nitrogens is 1. The summed E-state index contributed by atoms with van der Waals surface area (Å²) >= 11 is 0. The number of ether oxygens (including phenoxy) is 4. The van der Waals surface area contributed by atoms with Crippen molar-refractivity contribution in [1.29, 1.82) is 0 Å². The molecule has 0 radical (unpaired) electrons. The Morgan fingerprint density at radius 3 is 2.05 bits per heavy atom. The number of aromatic amines is 1. The van der Waals surface area contributed by atoms with Crippen LogP contribution in [0.3, 0.4) is 0 Å². The quantitative estimate of drug-likeness (QED) is 0.0392. The number of hydrogen-bond acceptors (Lipinski definition) is 14. The molecule has 8 atom stereocenters. The van der Waals surface area contributed by atoms with Crippen LogP contribution in [0.5, 0.6) is 0 Å². The van der Waals surface area contributed by atoms with Gasteiger partial charge in [-0.15, -0.1) is 0 Å². The van der Waals surface area contributed by atoms with Gasteiger partial charge in [-0.25, -0.2) is 18.4 Å². The fourth-order valence-electron chi connectivity index (χ4n) is 9.66. The molecule has 6 rings (SSSR count). The first kappa shape index (κ1) is 50.7. The Bertz CT molecular complexity index is 2990. The molecule has 0 spiro atoms. The number of amides is 5. The summed E-state index contributed by atoms with van der Waals surface area (Å²) in [5, 5.41) is 7.10. The molecule has 5 N–H and O–H groups in total. The smallest absolute Gasteiger partial charge is 0.410 e. The zero-order valence-electron chi connectivity index (χ0n) is 52.8. The van der Waals surface area contributed by atoms with E-state index in [-0.39, 0.29) is 111 Å². The molecule has 428 valence electrons. The number of halogens is 2. The van der Waals surface area contributed by atoms with Crippen LogP contribution < -0.4 is 21.3 Å². The molecule has 1 aromatic heterocycles. The van der Waals surface area contributed by atoms with E-state index in [1.807, 2.05) is 0 Å². The lowest BCUT2D eigenvalue weighted by atomic mass is 9.79. The average molecular weight is 1100 g/mol. The van der Waals surface area contributed by atoms with Gasteiger partial charge in [0.15, 0.2) is 1.41 Å². The molecule has 0 bridgehead atoms. The second-order valence-corrected chi connectivity index (χ2v) is 21.8. The first-order chi connectivity index (χ1) is 39.6. The molecule has 22 heteroatoms. The summed E-state index contributed by atoms with van der Waals surface area (Å²) in [4.78, 5) is 112. The van der Waals surface area contributed by atoms with Gasteiger partial charge in [-0.1, -0.05) is 6.04 Å². The van der Waals surface area contributed by atoms with Gasteiger partial charge in [0.2, 0.25) is 17.7 Å². The molecule has 3 aliphatic rings. The van der Waals surface area contributed by atoms with E-state index < -0.39 is 145 Å². The maximum Gasteiger partial charge on any atom is 0.410 e. The predicted octanol–water partition coefficient (Wildman–Crippen LogP) is 6.87. The minimum atomic E-state index is -2.38. The standard InChI is InChI=1S/C56H78F2N8O12/c1-32(67)75-37-29-44(61-30-37)50(45(69)13-11-21-59-46(70)19-23-64(9)53(73)77-55(3,4)5)49-40-18-16-35(58)26-43(40)63-52(49)51-41(39-17-15-34(57)25-42(39)62-51)28-36-27-38(76-33(2)68)31-66(36)48(72)14-12-22-60-47(71)20-24-65(10)54(74)78-56(6,7)8/h15-18,25-26,36-38,41,44,50-51,61-63H,11-14,19-24,27-31H2,1-10H3,(H,59,70)(H,60,71)/i1D2,17D,28D,44D/hD2. The Labute approximate surface area is 464 Å². The zero-order chi connectivity index (χ0) is 63.2. The third kappa shape index (κ3) is 16.8. The molecule has 8 unspecified atom stereocenters. The van der Waals surface area contributed by atoms with Crippen molar-refractivity contribution in [3.63, 3.8) is 0 Å². The van der Waals surface area contributed by atoms with E-state index in [9.17, 15) is 40.5 Å². The molecular formula is C56H78F2N8O12. The molecule has 20 nitrogen and oxygen atoms in total. The van der Waals surface area contributed by atoms with Crippen LogP contribution in [-0.4, -0.2) is 156 Å². The molecule has 78 heavy (non-hydrogen) atoms. The molecule has 0 saturated carbocycles. The fourth-order valence-corrected chi connectivity index (χ4v) is 9.66. The van der Waals surface area contributed by atoms with Crippen molar-refractivity contribution in [3.8, 4) is 0 Å². The summed E-state index contributed by atoms with van der Waals surface area (Å²) in [6, 6.07) is -0.151. The number of Topliss-reactive ketones (excluding diaryl/α,β-unsaturated/α-hetero) is 1. The number of rotatable bonds is 22. The van der Waals surface area contributed by atoms with Gasteiger partial charge in [0.05, 0.1) is 19.9 Å².